The van der Waals surface area contributed by atoms with E-state index in [9.17, 15) is 13.2 Å². The van der Waals surface area contributed by atoms with E-state index in [0.29, 0.717) is 29.7 Å². The number of carbonyl (C=O) groups excluding carboxylic acids is 1. The van der Waals surface area contributed by atoms with E-state index in [1.165, 1.54) is 30.6 Å². The van der Waals surface area contributed by atoms with Gasteiger partial charge in [-0.05, 0) is 19.8 Å². The Morgan fingerprint density at radius 2 is 1.82 bits per heavy atom. The van der Waals surface area contributed by atoms with Crippen LogP contribution in [0, 0.1) is 40.8 Å². The molecule has 0 bridgehead atoms. The van der Waals surface area contributed by atoms with Gasteiger partial charge in [0.15, 0.2) is 0 Å². The third-order valence-corrected chi connectivity index (χ3v) is 11.6. The number of hydrogen-bond donors (Lipinski definition) is 1. The standard InChI is InChI=1S/C23H28N4O3S2.Ho/c1-4-26(5-2)32(29,30)19-13-11-17(12-14-19)24-22(28)21-15-20-16(3)25-27(23(20)31-21)18-9-7-6-8-10-18;/h11-15,18H,1-2,4-10H2,3H3,(H,24,28);. The van der Waals surface area contributed by atoms with Crippen LogP contribution in [0.15, 0.2) is 35.2 Å². The maximum absolute atomic E-state index is 13.0. The Labute approximate surface area is 216 Å². The number of aryl methyl sites for hydroxylation is 1. The summed E-state index contributed by atoms with van der Waals surface area (Å²) in [4.78, 5) is 14.9. The summed E-state index contributed by atoms with van der Waals surface area (Å²) in [7, 11) is -3.46. The van der Waals surface area contributed by atoms with Gasteiger partial charge in [0, 0.05) is 5.39 Å². The number of hydrogen-bond acceptors (Lipinski definition) is 5. The van der Waals surface area contributed by atoms with Crippen molar-refractivity contribution in [3.05, 3.63) is 40.9 Å². The minimum atomic E-state index is -3.46. The molecule has 1 aliphatic carbocycles. The molecule has 0 unspecified atom stereocenters. The third kappa shape index (κ3) is 4.90. The molecule has 3 aromatic rings. The zero-order valence-corrected chi connectivity index (χ0v) is 22.1. The van der Waals surface area contributed by atoms with Crippen molar-refractivity contribution >= 4 is 43.2 Å². The van der Waals surface area contributed by atoms with Crippen molar-refractivity contribution in [2.45, 2.75) is 55.0 Å². The number of nitrogens with one attached hydrogen (secondary N) is 1. The fraction of sp³-hybridized carbons (Fsp3) is 0.478. The fourth-order valence-electron chi connectivity index (χ4n) is 4.48. The van der Waals surface area contributed by atoms with Crippen LogP contribution >= 0.6 is 11.3 Å². The number of aromatic nitrogens is 2. The molecular formula is C23H28HoN4O3S2. The molecule has 2 fully saturated rings. The minimum absolute atomic E-state index is 0.180. The Morgan fingerprint density at radius 3 is 2.52 bits per heavy atom. The topological polar surface area (TPSA) is 84.3 Å². The van der Waals surface area contributed by atoms with Crippen molar-refractivity contribution in [1.82, 2.24) is 14.1 Å². The molecule has 1 amide bonds. The molecule has 3 heterocycles. The Hall–Kier alpha value is -0.970. The molecule has 1 saturated heterocycles. The molecule has 7 nitrogen and oxygen atoms in total. The summed E-state index contributed by atoms with van der Waals surface area (Å²) in [6, 6.07) is 8.86. The Kier molecular flexibility index (Phi) is 7.16. The number of anilines is 1. The van der Waals surface area contributed by atoms with Gasteiger partial charge in [0.05, 0.1) is 11.7 Å². The van der Waals surface area contributed by atoms with E-state index in [1.54, 1.807) is 28.6 Å². The molecule has 1 saturated carbocycles. The first kappa shape index (κ1) is 23.8. The van der Waals surface area contributed by atoms with E-state index in [0.717, 1.165) is 33.8 Å². The van der Waals surface area contributed by atoms with E-state index >= 15 is 0 Å². The van der Waals surface area contributed by atoms with E-state index in [2.05, 4.69) is 10.00 Å². The third-order valence-electron chi connectivity index (χ3n) is 6.31. The molecular weight excluding hydrogens is 609 g/mol. The van der Waals surface area contributed by atoms with Crippen LogP contribution in [0.2, 0.25) is 5.04 Å². The second-order valence-corrected chi connectivity index (χ2v) is 14.4. The van der Waals surface area contributed by atoms with Crippen LogP contribution in [0.4, 0.5) is 5.69 Å². The number of rotatable bonds is 5. The summed E-state index contributed by atoms with van der Waals surface area (Å²) < 4.78 is 31.4. The van der Waals surface area contributed by atoms with Crippen LogP contribution in [0.1, 0.15) is 53.5 Å². The van der Waals surface area contributed by atoms with Crippen molar-refractivity contribution < 1.29 is 47.1 Å². The van der Waals surface area contributed by atoms with Gasteiger partial charge >= 0.3 is 148 Å². The van der Waals surface area contributed by atoms with Gasteiger partial charge in [0.2, 0.25) is 0 Å². The number of nitrogens with zero attached hydrogens (tertiary/aromatic N) is 3. The fourth-order valence-corrected chi connectivity index (χ4v) is 9.75. The second-order valence-electron chi connectivity index (χ2n) is 8.49. The summed E-state index contributed by atoms with van der Waals surface area (Å²) >= 11 is 1.75. The average molecular weight is 638 g/mol. The molecule has 1 aromatic carbocycles. The van der Waals surface area contributed by atoms with E-state index in [-0.39, 0.29) is 44.6 Å². The van der Waals surface area contributed by atoms with Gasteiger partial charge in [-0.1, -0.05) is 19.3 Å². The molecule has 5 rings (SSSR count). The van der Waals surface area contributed by atoms with Gasteiger partial charge < -0.3 is 0 Å². The van der Waals surface area contributed by atoms with Crippen molar-refractivity contribution in [3.63, 3.8) is 0 Å². The summed E-state index contributed by atoms with van der Waals surface area (Å²) in [5.41, 5.74) is 1.55. The van der Waals surface area contributed by atoms with Gasteiger partial charge in [-0.3, -0.25) is 4.68 Å². The molecule has 33 heavy (non-hydrogen) atoms. The predicted molar refractivity (Wildman–Crippen MR) is 127 cm³/mol. The van der Waals surface area contributed by atoms with Gasteiger partial charge in [0.25, 0.3) is 0 Å². The predicted octanol–water partition coefficient (Wildman–Crippen LogP) is 5.09. The molecule has 2 aliphatic rings. The number of benzene rings is 1. The minimum Gasteiger partial charge on any atom is 0.0347 e. The first-order chi connectivity index (χ1) is 15.9. The number of fused-ring (bicyclic) bond motifs is 1. The van der Waals surface area contributed by atoms with E-state index < -0.39 is 10.0 Å². The number of thiophene rings is 1. The summed E-state index contributed by atoms with van der Waals surface area (Å²) in [6.45, 7) is 3.23. The molecule has 0 radical (unpaired) electrons. The van der Waals surface area contributed by atoms with Crippen molar-refractivity contribution in [1.29, 1.82) is 0 Å². The Balaban J connectivity index is 1.32. The van der Waals surface area contributed by atoms with E-state index in [4.69, 9.17) is 5.10 Å². The summed E-state index contributed by atoms with van der Waals surface area (Å²) in [5.74, 6) is -0.180. The smallest absolute Gasteiger partial charge is 0.0347 e. The van der Waals surface area contributed by atoms with Gasteiger partial charge in [-0.2, -0.15) is 5.10 Å². The van der Waals surface area contributed by atoms with Gasteiger partial charge in [-0.15, -0.1) is 0 Å². The van der Waals surface area contributed by atoms with Crippen molar-refractivity contribution in [3.8, 4) is 0 Å². The number of sulfonamides is 1. The molecule has 1 aliphatic heterocycles. The SMILES string of the molecule is Cc1nn(C2CCCCC2)c2sc(C(=O)Nc3ccc(S(=O)(=O)N4C[CH2][Ho][CH2]C4)cc3)cc12. The molecule has 10 heteroatoms. The molecule has 2 aromatic heterocycles. The number of carbonyl (C=O) groups is 1. The second kappa shape index (κ2) is 9.95. The quantitative estimate of drug-likeness (QED) is 0.396. The van der Waals surface area contributed by atoms with Crippen molar-refractivity contribution in [2.24, 2.45) is 0 Å². The monoisotopic (exact) mass is 637 g/mol. The first-order valence-electron chi connectivity index (χ1n) is 11.3. The Bertz CT molecular complexity index is 1250. The van der Waals surface area contributed by atoms with Crippen LogP contribution in [0.5, 0.6) is 0 Å². The first-order valence-corrected chi connectivity index (χ1v) is 16.3. The van der Waals surface area contributed by atoms with Gasteiger partial charge in [0.1, 0.15) is 4.83 Å². The molecule has 0 atom stereocenters. The van der Waals surface area contributed by atoms with Crippen LogP contribution < -0.4 is 5.32 Å². The Morgan fingerprint density at radius 1 is 1.12 bits per heavy atom. The van der Waals surface area contributed by atoms with Gasteiger partial charge in [-0.25, -0.2) is 0 Å². The molecule has 0 spiro atoms. The summed E-state index contributed by atoms with van der Waals surface area (Å²) in [6.07, 6.45) is 6.04. The van der Waals surface area contributed by atoms with Crippen LogP contribution in [0.25, 0.3) is 10.2 Å². The molecule has 1 N–H and O–H groups in total. The van der Waals surface area contributed by atoms with Crippen LogP contribution in [-0.4, -0.2) is 41.5 Å². The zero-order valence-electron chi connectivity index (χ0n) is 18.5. The van der Waals surface area contributed by atoms with Crippen LogP contribution in [0.3, 0.4) is 0 Å². The normalized spacial score (nSPS) is 18.8. The molecule has 181 valence electrons. The van der Waals surface area contributed by atoms with Crippen molar-refractivity contribution in [2.75, 3.05) is 18.4 Å². The average Bonchev–Trinajstić information content (AvgIpc) is 3.41. The van der Waals surface area contributed by atoms with E-state index in [1.807, 2.05) is 13.0 Å². The summed E-state index contributed by atoms with van der Waals surface area (Å²) in [5, 5.41) is 8.73. The number of amides is 1. The van der Waals surface area contributed by atoms with Crippen LogP contribution in [-0.2, 0) is 10.0 Å². The maximum atomic E-state index is 13.0. The zero-order chi connectivity index (χ0) is 23.0.